The quantitative estimate of drug-likeness (QED) is 0.179. The Kier molecular flexibility index (Phi) is 4.67. The van der Waals surface area contributed by atoms with Crippen molar-refractivity contribution >= 4 is 32.4 Å². The molecule has 0 fully saturated rings. The van der Waals surface area contributed by atoms with E-state index in [1.807, 2.05) is 0 Å². The highest BCUT2D eigenvalue weighted by atomic mass is 14.7. The van der Waals surface area contributed by atoms with Gasteiger partial charge in [0.1, 0.15) is 0 Å². The molecule has 0 N–H and O–H groups in total. The van der Waals surface area contributed by atoms with Crippen LogP contribution in [0.15, 0.2) is 103 Å². The summed E-state index contributed by atoms with van der Waals surface area (Å²) in [7, 11) is 0. The van der Waals surface area contributed by atoms with E-state index >= 15 is 0 Å². The Morgan fingerprint density at radius 2 is 1.08 bits per heavy atom. The van der Waals surface area contributed by atoms with Gasteiger partial charge in [-0.15, -0.1) is 0 Å². The van der Waals surface area contributed by atoms with Crippen molar-refractivity contribution in [2.24, 2.45) is 0 Å². The fraction of sp³-hybridized carbons (Fsp3) is 0.194. The number of hydrogen-bond donors (Lipinski definition) is 0. The number of nitrogens with zero attached hydrogens (tertiary/aromatic N) is 1. The topological polar surface area (TPSA) is 12.9 Å². The molecule has 6 aromatic rings. The summed E-state index contributed by atoms with van der Waals surface area (Å²) in [5, 5.41) is 6.37. The van der Waals surface area contributed by atoms with Crippen LogP contribution in [-0.4, -0.2) is 4.98 Å². The van der Waals surface area contributed by atoms with Crippen LogP contribution in [0.25, 0.3) is 54.7 Å². The van der Waals surface area contributed by atoms with Crippen LogP contribution in [0.1, 0.15) is 45.2 Å². The molecule has 1 heterocycles. The molecule has 1 nitrogen and oxygen atoms in total. The van der Waals surface area contributed by atoms with Crippen molar-refractivity contribution in [3.8, 4) is 22.3 Å². The molecule has 0 aliphatic heterocycles. The Hall–Kier alpha value is -3.97. The van der Waals surface area contributed by atoms with Crippen molar-refractivity contribution < 1.29 is 0 Å². The standard InChI is InChI=1S/C36H31N/c1-35(2)22-36(3,4)33-28-20-19-27-30(23-13-7-5-8-14-23)25-17-11-12-18-26(25)31(24-15-9-6-10-16-24)32(27)34(28)37-21-29(33)35/h5-21H,22H2,1-4H3. The second-order valence-corrected chi connectivity index (χ2v) is 11.9. The lowest BCUT2D eigenvalue weighted by molar-refractivity contribution is 0.404. The van der Waals surface area contributed by atoms with E-state index < -0.39 is 0 Å². The van der Waals surface area contributed by atoms with Crippen LogP contribution in [0.3, 0.4) is 0 Å². The first-order chi connectivity index (χ1) is 17.9. The maximum atomic E-state index is 5.27. The van der Waals surface area contributed by atoms with Gasteiger partial charge < -0.3 is 0 Å². The zero-order chi connectivity index (χ0) is 25.4. The molecule has 0 saturated heterocycles. The Balaban J connectivity index is 1.75. The third kappa shape index (κ3) is 3.20. The minimum Gasteiger partial charge on any atom is -0.255 e. The maximum absolute atomic E-state index is 5.27. The molecular weight excluding hydrogens is 446 g/mol. The van der Waals surface area contributed by atoms with Gasteiger partial charge in [-0.25, -0.2) is 0 Å². The molecule has 1 aliphatic carbocycles. The highest BCUT2D eigenvalue weighted by Crippen LogP contribution is 2.53. The molecule has 0 atom stereocenters. The molecular formula is C36H31N. The van der Waals surface area contributed by atoms with Crippen LogP contribution in [0.2, 0.25) is 0 Å². The molecule has 1 heteroatoms. The molecule has 37 heavy (non-hydrogen) atoms. The van der Waals surface area contributed by atoms with E-state index in [1.165, 1.54) is 60.3 Å². The van der Waals surface area contributed by atoms with Crippen LogP contribution >= 0.6 is 0 Å². The predicted molar refractivity (Wildman–Crippen MR) is 158 cm³/mol. The first kappa shape index (κ1) is 22.2. The first-order valence-corrected chi connectivity index (χ1v) is 13.3. The van der Waals surface area contributed by atoms with E-state index in [9.17, 15) is 0 Å². The molecule has 0 bridgehead atoms. The van der Waals surface area contributed by atoms with Gasteiger partial charge in [0.15, 0.2) is 0 Å². The van der Waals surface area contributed by atoms with Gasteiger partial charge in [-0.05, 0) is 66.8 Å². The average Bonchev–Trinajstić information content (AvgIpc) is 3.11. The van der Waals surface area contributed by atoms with Gasteiger partial charge in [0.2, 0.25) is 0 Å². The highest BCUT2D eigenvalue weighted by molar-refractivity contribution is 6.27. The van der Waals surface area contributed by atoms with Gasteiger partial charge in [-0.3, -0.25) is 4.98 Å². The highest BCUT2D eigenvalue weighted by Gasteiger charge is 2.43. The Morgan fingerprint density at radius 1 is 0.541 bits per heavy atom. The molecule has 0 radical (unpaired) electrons. The molecule has 180 valence electrons. The zero-order valence-corrected chi connectivity index (χ0v) is 22.0. The Labute approximate surface area is 218 Å². The third-order valence-electron chi connectivity index (χ3n) is 8.44. The van der Waals surface area contributed by atoms with Crippen molar-refractivity contribution in [1.29, 1.82) is 0 Å². The maximum Gasteiger partial charge on any atom is 0.0790 e. The summed E-state index contributed by atoms with van der Waals surface area (Å²) < 4.78 is 0. The molecule has 0 spiro atoms. The molecule has 0 unspecified atom stereocenters. The number of rotatable bonds is 2. The van der Waals surface area contributed by atoms with E-state index in [1.54, 1.807) is 0 Å². The van der Waals surface area contributed by atoms with Crippen LogP contribution in [0.5, 0.6) is 0 Å². The number of benzene rings is 5. The Morgan fingerprint density at radius 3 is 1.73 bits per heavy atom. The van der Waals surface area contributed by atoms with Gasteiger partial charge >= 0.3 is 0 Å². The van der Waals surface area contributed by atoms with Crippen molar-refractivity contribution in [1.82, 2.24) is 4.98 Å². The van der Waals surface area contributed by atoms with Crippen molar-refractivity contribution in [2.75, 3.05) is 0 Å². The lowest BCUT2D eigenvalue weighted by Crippen LogP contribution is -2.18. The van der Waals surface area contributed by atoms with Crippen molar-refractivity contribution in [2.45, 2.75) is 44.9 Å². The summed E-state index contributed by atoms with van der Waals surface area (Å²) in [6, 6.07) is 35.3. The van der Waals surface area contributed by atoms with Gasteiger partial charge in [-0.2, -0.15) is 0 Å². The van der Waals surface area contributed by atoms with Gasteiger partial charge in [0.05, 0.1) is 5.52 Å². The molecule has 5 aromatic carbocycles. The van der Waals surface area contributed by atoms with E-state index in [2.05, 4.69) is 131 Å². The number of fused-ring (bicyclic) bond motifs is 6. The SMILES string of the molecule is CC1(C)CC(C)(C)c2c1cnc1c2ccc2c(-c3ccccc3)c3ccccc3c(-c3ccccc3)c21. The van der Waals surface area contributed by atoms with E-state index in [4.69, 9.17) is 4.98 Å². The van der Waals surface area contributed by atoms with Crippen LogP contribution in [-0.2, 0) is 10.8 Å². The second-order valence-electron chi connectivity index (χ2n) is 11.9. The number of hydrogen-bond acceptors (Lipinski definition) is 1. The van der Waals surface area contributed by atoms with Crippen molar-refractivity contribution in [3.63, 3.8) is 0 Å². The minimum atomic E-state index is 0.0969. The van der Waals surface area contributed by atoms with Crippen LogP contribution in [0, 0.1) is 0 Å². The second kappa shape index (κ2) is 7.76. The summed E-state index contributed by atoms with van der Waals surface area (Å²) in [5.74, 6) is 0. The summed E-state index contributed by atoms with van der Waals surface area (Å²) in [6.45, 7) is 9.54. The smallest absolute Gasteiger partial charge is 0.0790 e. The number of pyridine rings is 1. The Bertz CT molecular complexity index is 1830. The summed E-state index contributed by atoms with van der Waals surface area (Å²) in [4.78, 5) is 5.27. The predicted octanol–water partition coefficient (Wildman–Crippen LogP) is 9.83. The fourth-order valence-corrected chi connectivity index (χ4v) is 7.28. The summed E-state index contributed by atoms with van der Waals surface area (Å²) in [6.07, 6.45) is 3.31. The van der Waals surface area contributed by atoms with Gasteiger partial charge in [-0.1, -0.05) is 125 Å². The lowest BCUT2D eigenvalue weighted by atomic mass is 9.80. The normalized spacial score (nSPS) is 15.9. The van der Waals surface area contributed by atoms with Crippen LogP contribution in [0.4, 0.5) is 0 Å². The van der Waals surface area contributed by atoms with E-state index in [0.717, 1.165) is 11.9 Å². The van der Waals surface area contributed by atoms with Gasteiger partial charge in [0.25, 0.3) is 0 Å². The van der Waals surface area contributed by atoms with E-state index in [0.29, 0.717) is 0 Å². The van der Waals surface area contributed by atoms with Gasteiger partial charge in [0, 0.05) is 17.0 Å². The fourth-order valence-electron chi connectivity index (χ4n) is 7.28. The zero-order valence-electron chi connectivity index (χ0n) is 22.0. The first-order valence-electron chi connectivity index (χ1n) is 13.3. The minimum absolute atomic E-state index is 0.0969. The van der Waals surface area contributed by atoms with Crippen LogP contribution < -0.4 is 0 Å². The average molecular weight is 478 g/mol. The largest absolute Gasteiger partial charge is 0.255 e. The molecule has 0 amide bonds. The monoisotopic (exact) mass is 477 g/mol. The van der Waals surface area contributed by atoms with Crippen molar-refractivity contribution in [3.05, 3.63) is 114 Å². The third-order valence-corrected chi connectivity index (χ3v) is 8.44. The molecule has 1 aromatic heterocycles. The number of aromatic nitrogens is 1. The molecule has 0 saturated carbocycles. The summed E-state index contributed by atoms with van der Waals surface area (Å²) in [5.41, 5.74) is 9.24. The molecule has 1 aliphatic rings. The van der Waals surface area contributed by atoms with E-state index in [-0.39, 0.29) is 10.8 Å². The molecule has 7 rings (SSSR count). The lowest BCUT2D eigenvalue weighted by Gasteiger charge is -2.23. The summed E-state index contributed by atoms with van der Waals surface area (Å²) >= 11 is 0.